The first-order chi connectivity index (χ1) is 42.0. The van der Waals surface area contributed by atoms with Gasteiger partial charge in [0.25, 0.3) is 0 Å². The zero-order chi connectivity index (χ0) is 62.6. The summed E-state index contributed by atoms with van der Waals surface area (Å²) in [5, 5.41) is 0. The van der Waals surface area contributed by atoms with Gasteiger partial charge in [-0.05, 0) is 103 Å². The molecular weight excluding hydrogens is 1090 g/mol. The highest BCUT2D eigenvalue weighted by atomic mass is 31.2. The lowest BCUT2D eigenvalue weighted by atomic mass is 10.0. The predicted molar refractivity (Wildman–Crippen MR) is 371 cm³/mol. The number of allylic oxidation sites excluding steroid dienone is 18. The van der Waals surface area contributed by atoms with Crippen LogP contribution >= 0.6 is 7.82 Å². The van der Waals surface area contributed by atoms with E-state index in [1.165, 1.54) is 180 Å². The number of quaternary nitrogens is 1. The van der Waals surface area contributed by atoms with Gasteiger partial charge in [0.15, 0.2) is 6.10 Å². The summed E-state index contributed by atoms with van der Waals surface area (Å²) < 4.78 is 34.7. The minimum atomic E-state index is -4.40. The number of nitrogens with zero attached hydrogens (tertiary/aromatic N) is 1. The van der Waals surface area contributed by atoms with Gasteiger partial charge in [0.05, 0.1) is 27.7 Å². The van der Waals surface area contributed by atoms with Crippen LogP contribution in [0, 0.1) is 0 Å². The zero-order valence-corrected chi connectivity index (χ0v) is 57.4. The van der Waals surface area contributed by atoms with Crippen molar-refractivity contribution in [2.45, 2.75) is 315 Å². The molecule has 1 N–H and O–H groups in total. The van der Waals surface area contributed by atoms with Crippen LogP contribution < -0.4 is 0 Å². The van der Waals surface area contributed by atoms with Crippen molar-refractivity contribution in [3.8, 4) is 0 Å². The van der Waals surface area contributed by atoms with Crippen LogP contribution in [-0.4, -0.2) is 74.9 Å². The van der Waals surface area contributed by atoms with E-state index in [0.717, 1.165) is 96.3 Å². The van der Waals surface area contributed by atoms with Gasteiger partial charge < -0.3 is 18.9 Å². The maximum absolute atomic E-state index is 12.9. The first kappa shape index (κ1) is 82.7. The molecule has 0 spiro atoms. The first-order valence-corrected chi connectivity index (χ1v) is 37.1. The van der Waals surface area contributed by atoms with Crippen molar-refractivity contribution in [3.63, 3.8) is 0 Å². The average molecular weight is 1220 g/mol. The van der Waals surface area contributed by atoms with Crippen LogP contribution in [0.25, 0.3) is 0 Å². The number of hydrogen-bond donors (Lipinski definition) is 1. The molecule has 0 aliphatic carbocycles. The third-order valence-corrected chi connectivity index (χ3v) is 16.3. The van der Waals surface area contributed by atoms with Crippen LogP contribution in [0.3, 0.4) is 0 Å². The fourth-order valence-electron chi connectivity index (χ4n) is 9.85. The Balaban J connectivity index is 4.09. The Morgan fingerprint density at radius 1 is 0.372 bits per heavy atom. The molecule has 0 aromatic carbocycles. The topological polar surface area (TPSA) is 108 Å². The maximum atomic E-state index is 12.9. The first-order valence-electron chi connectivity index (χ1n) is 35.6. The number of ether oxygens (including phenoxy) is 2. The molecule has 0 aliphatic rings. The van der Waals surface area contributed by atoms with Gasteiger partial charge in [-0.3, -0.25) is 18.6 Å². The zero-order valence-electron chi connectivity index (χ0n) is 56.5. The SMILES string of the molecule is CC/C=C\C/C=C\C/C=C\C/C=C\C/C=C\C/C=C\C/C=C\C/C=C\CCCCCCCCCCC(=O)OC(COC(=O)CCCCCCCCCCCCCCCCCCC/C=C\CCCCCCCCCC)COP(=O)(O)OCC[N+](C)(C)C. The summed E-state index contributed by atoms with van der Waals surface area (Å²) in [7, 11) is 1.47. The third-order valence-electron chi connectivity index (χ3n) is 15.3. The molecule has 10 heteroatoms. The van der Waals surface area contributed by atoms with Crippen LogP contribution in [0.2, 0.25) is 0 Å². The second kappa shape index (κ2) is 66.1. The largest absolute Gasteiger partial charge is 0.472 e. The molecule has 496 valence electrons. The summed E-state index contributed by atoms with van der Waals surface area (Å²) in [5.41, 5.74) is 0. The van der Waals surface area contributed by atoms with Gasteiger partial charge in [-0.1, -0.05) is 303 Å². The molecule has 0 saturated carbocycles. The molecule has 9 nitrogen and oxygen atoms in total. The molecule has 86 heavy (non-hydrogen) atoms. The summed E-state index contributed by atoms with van der Waals surface area (Å²) in [4.78, 5) is 35.9. The predicted octanol–water partition coefficient (Wildman–Crippen LogP) is 23.3. The van der Waals surface area contributed by atoms with Crippen molar-refractivity contribution in [1.29, 1.82) is 0 Å². The summed E-state index contributed by atoms with van der Waals surface area (Å²) in [6.45, 7) is 4.34. The number of phosphoric ester groups is 1. The third kappa shape index (κ3) is 69.8. The number of likely N-dealkylation sites (N-methyl/N-ethyl adjacent to an activating group) is 1. The number of carbonyl (C=O) groups is 2. The van der Waals surface area contributed by atoms with E-state index in [-0.39, 0.29) is 32.0 Å². The molecule has 0 aromatic rings. The van der Waals surface area contributed by atoms with Gasteiger partial charge in [0.1, 0.15) is 19.8 Å². The van der Waals surface area contributed by atoms with E-state index in [0.29, 0.717) is 17.4 Å². The summed E-state index contributed by atoms with van der Waals surface area (Å²) >= 11 is 0. The lowest BCUT2D eigenvalue weighted by Gasteiger charge is -2.24. The number of carbonyl (C=O) groups excluding carboxylic acids is 2. The fraction of sp³-hybridized carbons (Fsp3) is 0.737. The number of esters is 2. The Bertz CT molecular complexity index is 1820. The van der Waals surface area contributed by atoms with Crippen LogP contribution in [0.1, 0.15) is 309 Å². The molecule has 2 unspecified atom stereocenters. The standard InChI is InChI=1S/C76H134NO8P/c1-6-8-10-12-14-16-18-20-22-24-26-28-30-32-34-36-37-38-39-41-43-45-47-49-51-53-55-57-59-61-63-65-67-69-76(79)85-74(73-84-86(80,81)83-71-70-77(3,4)5)72-82-75(78)68-66-64-62-60-58-56-54-52-50-48-46-44-42-40-35-33-31-29-27-25-23-21-19-17-15-13-11-9-7-2/h8,10,14,16,20,22,25-28,32,34,37-38,41,43,47,49,74H,6-7,9,11-13,15,17-19,21,23-24,29-31,33,35-36,39-40,42,44-46,48,50-73H2,1-5H3/p+1/b10-8-,16-14-,22-20-,27-25-,28-26-,34-32-,38-37-,43-41-,49-47-. The molecule has 2 atom stereocenters. The van der Waals surface area contributed by atoms with Gasteiger partial charge in [-0.15, -0.1) is 0 Å². The van der Waals surface area contributed by atoms with Crippen molar-refractivity contribution >= 4 is 19.8 Å². The fourth-order valence-corrected chi connectivity index (χ4v) is 10.6. The average Bonchev–Trinajstić information content (AvgIpc) is 3.70. The minimum absolute atomic E-state index is 0.0261. The molecule has 0 heterocycles. The smallest absolute Gasteiger partial charge is 0.462 e. The van der Waals surface area contributed by atoms with E-state index >= 15 is 0 Å². The van der Waals surface area contributed by atoms with Crippen molar-refractivity contribution in [3.05, 3.63) is 109 Å². The monoisotopic (exact) mass is 1220 g/mol. The molecule has 0 fully saturated rings. The number of phosphoric acid groups is 1. The van der Waals surface area contributed by atoms with Crippen LogP contribution in [0.4, 0.5) is 0 Å². The lowest BCUT2D eigenvalue weighted by molar-refractivity contribution is -0.870. The van der Waals surface area contributed by atoms with E-state index in [9.17, 15) is 19.0 Å². The minimum Gasteiger partial charge on any atom is -0.462 e. The van der Waals surface area contributed by atoms with Crippen molar-refractivity contribution in [2.75, 3.05) is 47.5 Å². The molecular formula is C76H135NO8P+. The van der Waals surface area contributed by atoms with Crippen molar-refractivity contribution < 1.29 is 42.1 Å². The Labute approximate surface area is 531 Å². The molecule has 0 bridgehead atoms. The number of unbranched alkanes of at least 4 members (excludes halogenated alkanes) is 33. The molecule has 0 amide bonds. The number of rotatable bonds is 65. The van der Waals surface area contributed by atoms with Crippen LogP contribution in [-0.2, 0) is 32.7 Å². The van der Waals surface area contributed by atoms with Gasteiger partial charge in [0.2, 0.25) is 0 Å². The molecule has 0 rings (SSSR count). The van der Waals surface area contributed by atoms with Gasteiger partial charge in [-0.25, -0.2) is 4.57 Å². The summed E-state index contributed by atoms with van der Waals surface area (Å²) in [5.74, 6) is -0.802. The summed E-state index contributed by atoms with van der Waals surface area (Å²) in [6, 6.07) is 0. The highest BCUT2D eigenvalue weighted by Gasteiger charge is 2.27. The quantitative estimate of drug-likeness (QED) is 0.0211. The highest BCUT2D eigenvalue weighted by Crippen LogP contribution is 2.43. The molecule has 0 aromatic heterocycles. The maximum Gasteiger partial charge on any atom is 0.472 e. The Morgan fingerprint density at radius 3 is 1.00 bits per heavy atom. The van der Waals surface area contributed by atoms with Gasteiger partial charge in [0, 0.05) is 12.8 Å². The van der Waals surface area contributed by atoms with E-state index in [4.69, 9.17) is 18.5 Å². The Morgan fingerprint density at radius 2 is 0.663 bits per heavy atom. The Kier molecular flexibility index (Phi) is 63.5. The lowest BCUT2D eigenvalue weighted by Crippen LogP contribution is -2.37. The molecule has 0 aliphatic heterocycles. The second-order valence-corrected chi connectivity index (χ2v) is 26.3. The van der Waals surface area contributed by atoms with E-state index in [1.54, 1.807) is 0 Å². The number of hydrogen-bond acceptors (Lipinski definition) is 7. The normalized spacial score (nSPS) is 13.8. The van der Waals surface area contributed by atoms with Gasteiger partial charge in [-0.2, -0.15) is 0 Å². The Hall–Kier alpha value is -3.33. The highest BCUT2D eigenvalue weighted by molar-refractivity contribution is 7.47. The van der Waals surface area contributed by atoms with E-state index < -0.39 is 26.5 Å². The second-order valence-electron chi connectivity index (χ2n) is 24.9. The van der Waals surface area contributed by atoms with E-state index in [2.05, 4.69) is 123 Å². The van der Waals surface area contributed by atoms with Crippen LogP contribution in [0.15, 0.2) is 109 Å². The van der Waals surface area contributed by atoms with Gasteiger partial charge >= 0.3 is 19.8 Å². The molecule has 0 saturated heterocycles. The van der Waals surface area contributed by atoms with Crippen molar-refractivity contribution in [1.82, 2.24) is 0 Å². The summed E-state index contributed by atoms with van der Waals surface area (Å²) in [6.07, 6.45) is 93.3. The molecule has 0 radical (unpaired) electrons. The van der Waals surface area contributed by atoms with Crippen LogP contribution in [0.5, 0.6) is 0 Å². The van der Waals surface area contributed by atoms with E-state index in [1.807, 2.05) is 21.1 Å². The van der Waals surface area contributed by atoms with Crippen molar-refractivity contribution in [2.24, 2.45) is 0 Å².